The van der Waals surface area contributed by atoms with Gasteiger partial charge in [0.05, 0.1) is 5.69 Å². The number of carboxylic acids is 1. The van der Waals surface area contributed by atoms with E-state index >= 15 is 0 Å². The molecule has 0 saturated heterocycles. The van der Waals surface area contributed by atoms with Crippen molar-refractivity contribution in [3.8, 4) is 17.0 Å². The average Bonchev–Trinajstić information content (AvgIpc) is 3.10. The Balaban J connectivity index is 1.91. The van der Waals surface area contributed by atoms with Crippen LogP contribution in [0.25, 0.3) is 11.3 Å². The maximum absolute atomic E-state index is 14.3. The minimum absolute atomic E-state index is 0.0243. The smallest absolute Gasteiger partial charge is 0.427 e. The van der Waals surface area contributed by atoms with Gasteiger partial charge in [-0.25, -0.2) is 8.78 Å². The topological polar surface area (TPSA) is 59.4 Å². The van der Waals surface area contributed by atoms with E-state index in [0.29, 0.717) is 5.56 Å². The van der Waals surface area contributed by atoms with Crippen LogP contribution in [0.5, 0.6) is 5.75 Å². The van der Waals surface area contributed by atoms with Crippen LogP contribution >= 0.6 is 11.5 Å². The zero-order valence-electron chi connectivity index (χ0n) is 16.1. The summed E-state index contributed by atoms with van der Waals surface area (Å²) < 4.78 is 78.0. The summed E-state index contributed by atoms with van der Waals surface area (Å²) >= 11 is 0.239. The summed E-state index contributed by atoms with van der Waals surface area (Å²) in [5.41, 5.74) is 1.12. The van der Waals surface area contributed by atoms with Gasteiger partial charge in [0.25, 0.3) is 0 Å². The van der Waals surface area contributed by atoms with E-state index in [1.807, 2.05) is 6.92 Å². The number of carbonyl (C=O) groups is 1. The quantitative estimate of drug-likeness (QED) is 0.442. The van der Waals surface area contributed by atoms with Crippen molar-refractivity contribution in [3.05, 3.63) is 69.6 Å². The number of benzene rings is 2. The lowest BCUT2D eigenvalue weighted by molar-refractivity contribution is -0.137. The molecule has 0 aliphatic carbocycles. The van der Waals surface area contributed by atoms with Crippen LogP contribution in [0.2, 0.25) is 0 Å². The molecule has 3 rings (SSSR count). The Morgan fingerprint density at radius 3 is 2.29 bits per heavy atom. The lowest BCUT2D eigenvalue weighted by Crippen LogP contribution is -2.09. The van der Waals surface area contributed by atoms with E-state index in [1.54, 1.807) is 24.3 Å². The molecule has 0 saturated carbocycles. The summed E-state index contributed by atoms with van der Waals surface area (Å²) in [6.45, 7) is 1.07. The molecule has 1 N–H and O–H groups in total. The Morgan fingerprint density at radius 2 is 1.74 bits per heavy atom. The van der Waals surface area contributed by atoms with Gasteiger partial charge in [-0.05, 0) is 42.6 Å². The average molecular weight is 457 g/mol. The molecule has 0 radical (unpaired) electrons. The van der Waals surface area contributed by atoms with Crippen LogP contribution in [0.4, 0.5) is 22.0 Å². The summed E-state index contributed by atoms with van der Waals surface area (Å²) in [6, 6.07) is 8.43. The van der Waals surface area contributed by atoms with Gasteiger partial charge >= 0.3 is 12.1 Å². The second-order valence-electron chi connectivity index (χ2n) is 6.77. The van der Waals surface area contributed by atoms with Crippen molar-refractivity contribution in [1.29, 1.82) is 0 Å². The molecule has 2 aromatic carbocycles. The Bertz CT molecular complexity index is 1070. The fourth-order valence-electron chi connectivity index (χ4n) is 2.89. The first-order valence-electron chi connectivity index (χ1n) is 9.01. The van der Waals surface area contributed by atoms with Crippen molar-refractivity contribution < 1.29 is 36.6 Å². The second kappa shape index (κ2) is 9.01. The maximum atomic E-state index is 14.3. The summed E-state index contributed by atoms with van der Waals surface area (Å²) in [6.07, 6.45) is -5.14. The molecule has 0 spiro atoms. The number of aromatic nitrogens is 1. The van der Waals surface area contributed by atoms with E-state index in [1.165, 1.54) is 0 Å². The first-order valence-corrected chi connectivity index (χ1v) is 9.79. The molecule has 0 amide bonds. The Morgan fingerprint density at radius 1 is 1.13 bits per heavy atom. The van der Waals surface area contributed by atoms with Crippen LogP contribution in [-0.2, 0) is 24.0 Å². The first kappa shape index (κ1) is 22.7. The molecule has 0 atom stereocenters. The van der Waals surface area contributed by atoms with Crippen molar-refractivity contribution in [2.75, 3.05) is 0 Å². The van der Waals surface area contributed by atoms with Crippen molar-refractivity contribution in [2.45, 2.75) is 32.5 Å². The van der Waals surface area contributed by atoms with Gasteiger partial charge in [-0.2, -0.15) is 17.5 Å². The molecule has 1 heterocycles. The third-order valence-corrected chi connectivity index (χ3v) is 5.35. The number of aryl methyl sites for hydroxylation is 2. The molecule has 10 heteroatoms. The van der Waals surface area contributed by atoms with Crippen molar-refractivity contribution >= 4 is 17.5 Å². The summed E-state index contributed by atoms with van der Waals surface area (Å²) in [7, 11) is 0. The van der Waals surface area contributed by atoms with Gasteiger partial charge in [-0.1, -0.05) is 29.8 Å². The van der Waals surface area contributed by atoms with Gasteiger partial charge in [-0.15, -0.1) is 0 Å². The highest BCUT2D eigenvalue weighted by atomic mass is 32.1. The number of hydrogen-bond donors (Lipinski definition) is 1. The lowest BCUT2D eigenvalue weighted by Gasteiger charge is -2.13. The van der Waals surface area contributed by atoms with Gasteiger partial charge < -0.3 is 9.84 Å². The van der Waals surface area contributed by atoms with Crippen LogP contribution in [0.3, 0.4) is 0 Å². The van der Waals surface area contributed by atoms with Crippen LogP contribution in [0.15, 0.2) is 36.4 Å². The molecular formula is C21H16F5NO3S. The van der Waals surface area contributed by atoms with E-state index in [2.05, 4.69) is 4.37 Å². The standard InChI is InChI=1S/C21H16F5NO3S/c1-11-2-5-13(6-3-11)18-14(20(31-27-18)21(24,25)26)10-30-19-15(22)8-12(9-16(19)23)4-7-17(28)29/h2-3,5-6,8-9H,4,7,10H2,1H3,(H,28,29). The number of nitrogens with zero attached hydrogens (tertiary/aromatic N) is 1. The minimum atomic E-state index is -4.71. The van der Waals surface area contributed by atoms with Gasteiger partial charge in [0.1, 0.15) is 11.5 Å². The molecule has 4 nitrogen and oxygen atoms in total. The summed E-state index contributed by atoms with van der Waals surface area (Å²) in [5, 5.41) is 8.68. The minimum Gasteiger partial charge on any atom is -0.483 e. The largest absolute Gasteiger partial charge is 0.483 e. The van der Waals surface area contributed by atoms with Gasteiger partial charge in [0, 0.05) is 17.5 Å². The molecule has 1 aromatic heterocycles. The number of aliphatic carboxylic acids is 1. The van der Waals surface area contributed by atoms with Crippen molar-refractivity contribution in [1.82, 2.24) is 4.37 Å². The molecule has 0 bridgehead atoms. The normalized spacial score (nSPS) is 11.5. The molecule has 0 unspecified atom stereocenters. The third-order valence-electron chi connectivity index (χ3n) is 4.42. The van der Waals surface area contributed by atoms with Crippen molar-refractivity contribution in [3.63, 3.8) is 0 Å². The highest BCUT2D eigenvalue weighted by Gasteiger charge is 2.38. The fourth-order valence-corrected chi connectivity index (χ4v) is 3.66. The Kier molecular flexibility index (Phi) is 6.59. The van der Waals surface area contributed by atoms with Gasteiger partial charge in [0.15, 0.2) is 17.4 Å². The van der Waals surface area contributed by atoms with E-state index in [-0.39, 0.29) is 41.2 Å². The number of halogens is 5. The highest BCUT2D eigenvalue weighted by Crippen LogP contribution is 2.40. The number of ether oxygens (including phenoxy) is 1. The maximum Gasteiger partial charge on any atom is 0.427 e. The van der Waals surface area contributed by atoms with Crippen LogP contribution in [0, 0.1) is 18.6 Å². The van der Waals surface area contributed by atoms with Crippen molar-refractivity contribution in [2.24, 2.45) is 0 Å². The molecule has 3 aromatic rings. The molecular weight excluding hydrogens is 441 g/mol. The van der Waals surface area contributed by atoms with Gasteiger partial charge in [0.2, 0.25) is 0 Å². The van der Waals surface area contributed by atoms with E-state index in [9.17, 15) is 26.7 Å². The monoisotopic (exact) mass is 457 g/mol. The zero-order chi connectivity index (χ0) is 22.8. The fraction of sp³-hybridized carbons (Fsp3) is 0.238. The summed E-state index contributed by atoms with van der Waals surface area (Å²) in [4.78, 5) is 9.60. The SMILES string of the molecule is Cc1ccc(-c2nsc(C(F)(F)F)c2COc2c(F)cc(CCC(=O)O)cc2F)cc1. The number of carboxylic acid groups (broad SMARTS) is 1. The molecule has 31 heavy (non-hydrogen) atoms. The zero-order valence-corrected chi connectivity index (χ0v) is 16.9. The Labute approximate surface area is 178 Å². The third kappa shape index (κ3) is 5.38. The predicted octanol–water partition coefficient (Wildman–Crippen LogP) is 6.01. The Hall–Kier alpha value is -3.01. The van der Waals surface area contributed by atoms with E-state index in [0.717, 1.165) is 17.7 Å². The highest BCUT2D eigenvalue weighted by molar-refractivity contribution is 7.06. The summed E-state index contributed by atoms with van der Waals surface area (Å²) in [5.74, 6) is -4.23. The number of rotatable bonds is 7. The van der Waals surface area contributed by atoms with Gasteiger partial charge in [-0.3, -0.25) is 4.79 Å². The van der Waals surface area contributed by atoms with E-state index in [4.69, 9.17) is 9.84 Å². The molecule has 0 aliphatic heterocycles. The van der Waals surface area contributed by atoms with Crippen LogP contribution in [0.1, 0.15) is 28.0 Å². The van der Waals surface area contributed by atoms with Crippen LogP contribution in [-0.4, -0.2) is 15.4 Å². The number of alkyl halides is 3. The lowest BCUT2D eigenvalue weighted by atomic mass is 10.0. The number of hydrogen-bond acceptors (Lipinski definition) is 4. The molecule has 0 fully saturated rings. The molecule has 0 aliphatic rings. The van der Waals surface area contributed by atoms with E-state index < -0.39 is 41.0 Å². The first-order chi connectivity index (χ1) is 14.6. The molecule has 164 valence electrons. The predicted molar refractivity (Wildman–Crippen MR) is 104 cm³/mol. The van der Waals surface area contributed by atoms with Crippen LogP contribution < -0.4 is 4.74 Å². The second-order valence-corrected chi connectivity index (χ2v) is 7.55.